The molecule has 2 aromatic rings. The van der Waals surface area contributed by atoms with Gasteiger partial charge in [0.1, 0.15) is 6.04 Å². The highest BCUT2D eigenvalue weighted by atomic mass is 32.2. The van der Waals surface area contributed by atoms with Crippen LogP contribution < -0.4 is 4.90 Å². The van der Waals surface area contributed by atoms with Crippen LogP contribution in [0.15, 0.2) is 73.8 Å². The van der Waals surface area contributed by atoms with E-state index in [1.54, 1.807) is 33.7 Å². The van der Waals surface area contributed by atoms with Gasteiger partial charge in [0, 0.05) is 17.5 Å². The Morgan fingerprint density at radius 1 is 1.14 bits per heavy atom. The van der Waals surface area contributed by atoms with Crippen molar-refractivity contribution in [2.75, 3.05) is 24.7 Å². The molecule has 2 amide bonds. The lowest BCUT2D eigenvalue weighted by atomic mass is 9.71. The highest BCUT2D eigenvalue weighted by Crippen LogP contribution is 2.67. The zero-order valence-electron chi connectivity index (χ0n) is 24.4. The third-order valence-electron chi connectivity index (χ3n) is 9.02. The molecule has 0 saturated carbocycles. The maximum Gasteiger partial charge on any atom is 0.310 e. The van der Waals surface area contributed by atoms with E-state index in [9.17, 15) is 19.5 Å². The second-order valence-corrected chi connectivity index (χ2v) is 13.1. The minimum Gasteiger partial charge on any atom is -0.465 e. The molecule has 3 fully saturated rings. The molecule has 3 saturated heterocycles. The molecule has 3 heterocycles. The van der Waals surface area contributed by atoms with Crippen LogP contribution in [0.2, 0.25) is 0 Å². The largest absolute Gasteiger partial charge is 0.465 e. The second kappa shape index (κ2) is 12.5. The number of likely N-dealkylation sites (tertiary alicyclic amines) is 1. The first-order valence-corrected chi connectivity index (χ1v) is 15.6. The zero-order valence-corrected chi connectivity index (χ0v) is 25.2. The van der Waals surface area contributed by atoms with Crippen LogP contribution in [0.25, 0.3) is 0 Å². The van der Waals surface area contributed by atoms with Gasteiger partial charge in [-0.15, -0.1) is 24.9 Å². The van der Waals surface area contributed by atoms with E-state index in [4.69, 9.17) is 4.74 Å². The molecule has 7 nitrogen and oxygen atoms in total. The van der Waals surface area contributed by atoms with Gasteiger partial charge in [0.2, 0.25) is 5.91 Å². The molecule has 2 bridgehead atoms. The van der Waals surface area contributed by atoms with Crippen molar-refractivity contribution >= 4 is 35.2 Å². The van der Waals surface area contributed by atoms with Crippen molar-refractivity contribution in [1.82, 2.24) is 4.90 Å². The highest BCUT2D eigenvalue weighted by molar-refractivity contribution is 8.02. The third-order valence-corrected chi connectivity index (χ3v) is 11.0. The molecule has 5 rings (SSSR count). The first-order valence-electron chi connectivity index (χ1n) is 14.7. The Balaban J connectivity index is 1.61. The van der Waals surface area contributed by atoms with Gasteiger partial charge < -0.3 is 19.6 Å². The number of anilines is 1. The number of ether oxygens (including phenoxy) is 1. The summed E-state index contributed by atoms with van der Waals surface area (Å²) in [6.07, 6.45) is 6.24. The Bertz CT molecular complexity index is 1340. The molecule has 42 heavy (non-hydrogen) atoms. The van der Waals surface area contributed by atoms with Crippen molar-refractivity contribution in [2.24, 2.45) is 11.8 Å². The third kappa shape index (κ3) is 4.98. The summed E-state index contributed by atoms with van der Waals surface area (Å²) < 4.78 is 4.89. The van der Waals surface area contributed by atoms with Gasteiger partial charge in [-0.05, 0) is 56.2 Å². The number of para-hydroxylation sites is 1. The minimum atomic E-state index is -0.875. The van der Waals surface area contributed by atoms with Gasteiger partial charge in [0.15, 0.2) is 0 Å². The number of benzene rings is 2. The summed E-state index contributed by atoms with van der Waals surface area (Å²) in [6.45, 7) is 11.8. The summed E-state index contributed by atoms with van der Waals surface area (Å²) in [6, 6.07) is 13.6. The number of unbranched alkanes of at least 4 members (excludes halogenated alkanes) is 1. The molecule has 2 aromatic carbocycles. The van der Waals surface area contributed by atoms with Gasteiger partial charge in [-0.2, -0.15) is 0 Å². The normalized spacial score (nSPS) is 26.5. The second-order valence-electron chi connectivity index (χ2n) is 11.5. The maximum atomic E-state index is 15.0. The number of hydrogen-bond donors (Lipinski definition) is 1. The van der Waals surface area contributed by atoms with Gasteiger partial charge >= 0.3 is 5.97 Å². The van der Waals surface area contributed by atoms with Crippen LogP contribution in [-0.2, 0) is 19.1 Å². The highest BCUT2D eigenvalue weighted by Gasteiger charge is 2.75. The van der Waals surface area contributed by atoms with Gasteiger partial charge in [-0.1, -0.05) is 60.7 Å². The van der Waals surface area contributed by atoms with Crippen molar-refractivity contribution in [2.45, 2.75) is 61.6 Å². The van der Waals surface area contributed by atoms with Crippen molar-refractivity contribution in [1.29, 1.82) is 0 Å². The molecule has 0 radical (unpaired) electrons. The molecular weight excluding hydrogens is 548 g/mol. The molecule has 1 spiro atoms. The number of esters is 1. The first-order chi connectivity index (χ1) is 20.3. The van der Waals surface area contributed by atoms with E-state index >= 15 is 0 Å². The Morgan fingerprint density at radius 2 is 1.86 bits per heavy atom. The van der Waals surface area contributed by atoms with E-state index in [-0.39, 0.29) is 42.8 Å². The quantitative estimate of drug-likeness (QED) is 0.210. The maximum absolute atomic E-state index is 15.0. The van der Waals surface area contributed by atoms with Crippen molar-refractivity contribution < 1.29 is 24.2 Å². The summed E-state index contributed by atoms with van der Waals surface area (Å²) in [5, 5.41) is 10.6. The van der Waals surface area contributed by atoms with E-state index < -0.39 is 28.7 Å². The van der Waals surface area contributed by atoms with E-state index in [0.29, 0.717) is 12.8 Å². The number of hydrogen-bond acceptors (Lipinski definition) is 6. The molecule has 0 aromatic heterocycles. The number of rotatable bonds is 12. The SMILES string of the molecule is C=CCCCOC(=O)[C@@H]1[C@H]2C(=O)N([C@H](CO)c3ccccc3)C(C(=O)N(CC=C)c3c(C)cccc3C)C23CC[C@H]1S3. The Labute approximate surface area is 252 Å². The molecule has 8 heteroatoms. The van der Waals surface area contributed by atoms with Crippen LogP contribution in [0.4, 0.5) is 5.69 Å². The molecule has 222 valence electrons. The fourth-order valence-electron chi connectivity index (χ4n) is 7.30. The topological polar surface area (TPSA) is 87.1 Å². The van der Waals surface area contributed by atoms with E-state index in [0.717, 1.165) is 35.2 Å². The minimum absolute atomic E-state index is 0.0966. The van der Waals surface area contributed by atoms with Gasteiger partial charge in [-0.3, -0.25) is 14.4 Å². The van der Waals surface area contributed by atoms with Crippen LogP contribution in [0.1, 0.15) is 48.4 Å². The van der Waals surface area contributed by atoms with E-state index in [1.165, 1.54) is 0 Å². The number of fused-ring (bicyclic) bond motifs is 1. The van der Waals surface area contributed by atoms with Crippen LogP contribution in [0.5, 0.6) is 0 Å². The Morgan fingerprint density at radius 3 is 2.50 bits per heavy atom. The number of aliphatic hydroxyl groups excluding tert-OH is 1. The van der Waals surface area contributed by atoms with Gasteiger partial charge in [-0.25, -0.2) is 0 Å². The predicted octanol–water partition coefficient (Wildman–Crippen LogP) is 5.16. The monoisotopic (exact) mass is 588 g/mol. The standard InChI is InChI=1S/C34H40N2O5S/c1-5-7-11-20-41-33(40)27-26-17-18-34(42-26)28(27)31(38)36(25(21-37)24-15-9-8-10-16-24)30(34)32(39)35(19-6-2)29-22(3)13-12-14-23(29)4/h5-6,8-10,12-16,25-28,30,37H,1-2,7,11,17-21H2,3-4H3/t25-,26-,27+,28+,30?,34?/m1/s1. The van der Waals surface area contributed by atoms with Crippen molar-refractivity contribution in [3.05, 3.63) is 90.5 Å². The smallest absolute Gasteiger partial charge is 0.310 e. The fourth-order valence-corrected chi connectivity index (χ4v) is 9.49. The van der Waals surface area contributed by atoms with Crippen LogP contribution in [0, 0.1) is 25.7 Å². The predicted molar refractivity (Wildman–Crippen MR) is 166 cm³/mol. The number of carbonyl (C=O) groups is 3. The first kappa shape index (κ1) is 30.1. The number of amides is 2. The average molecular weight is 589 g/mol. The zero-order chi connectivity index (χ0) is 30.0. The summed E-state index contributed by atoms with van der Waals surface area (Å²) in [5.74, 6) is -2.20. The lowest BCUT2D eigenvalue weighted by Crippen LogP contribution is -2.56. The molecular formula is C34H40N2O5S. The van der Waals surface area contributed by atoms with Crippen molar-refractivity contribution in [3.8, 4) is 0 Å². The number of aliphatic hydroxyl groups is 1. The van der Waals surface area contributed by atoms with Crippen LogP contribution in [-0.4, -0.2) is 63.6 Å². The number of aryl methyl sites for hydroxylation is 2. The lowest BCUT2D eigenvalue weighted by Gasteiger charge is -2.40. The molecule has 0 aliphatic carbocycles. The fraction of sp³-hybridized carbons (Fsp3) is 0.441. The number of thioether (sulfide) groups is 1. The molecule has 1 N–H and O–H groups in total. The summed E-state index contributed by atoms with van der Waals surface area (Å²) in [4.78, 5) is 46.4. The van der Waals surface area contributed by atoms with Crippen LogP contribution in [0.3, 0.4) is 0 Å². The van der Waals surface area contributed by atoms with E-state index in [2.05, 4.69) is 13.2 Å². The van der Waals surface area contributed by atoms with E-state index in [1.807, 2.05) is 62.4 Å². The molecule has 2 unspecified atom stereocenters. The number of allylic oxidation sites excluding steroid dienone is 1. The van der Waals surface area contributed by atoms with Crippen molar-refractivity contribution in [3.63, 3.8) is 0 Å². The molecule has 6 atom stereocenters. The van der Waals surface area contributed by atoms with Gasteiger partial charge in [0.05, 0.1) is 35.8 Å². The molecule has 3 aliphatic rings. The Kier molecular flexibility index (Phi) is 8.94. The average Bonchev–Trinajstić information content (AvgIpc) is 3.63. The lowest BCUT2D eigenvalue weighted by molar-refractivity contribution is -0.154. The summed E-state index contributed by atoms with van der Waals surface area (Å²) in [5.41, 5.74) is 3.43. The Hall–Kier alpha value is -3.36. The van der Waals surface area contributed by atoms with Crippen LogP contribution >= 0.6 is 11.8 Å². The van der Waals surface area contributed by atoms with Gasteiger partial charge in [0.25, 0.3) is 5.91 Å². The summed E-state index contributed by atoms with van der Waals surface area (Å²) >= 11 is 1.60. The molecule has 3 aliphatic heterocycles. The number of nitrogens with zero attached hydrogens (tertiary/aromatic N) is 2. The summed E-state index contributed by atoms with van der Waals surface area (Å²) in [7, 11) is 0. The number of carbonyl (C=O) groups excluding carboxylic acids is 3.